The summed E-state index contributed by atoms with van der Waals surface area (Å²) in [6.45, 7) is 32.0. The quantitative estimate of drug-likeness (QED) is 0.159. The second-order valence-corrected chi connectivity index (χ2v) is 22.0. The van der Waals surface area contributed by atoms with Crippen molar-refractivity contribution in [2.75, 3.05) is 9.80 Å². The molecule has 67 heavy (non-hydrogen) atoms. The Morgan fingerprint density at radius 2 is 0.701 bits per heavy atom. The average molecular weight is 873 g/mol. The van der Waals surface area contributed by atoms with Crippen molar-refractivity contribution in [3.8, 4) is 33.4 Å². The molecule has 334 valence electrons. The summed E-state index contributed by atoms with van der Waals surface area (Å²) < 4.78 is 0. The van der Waals surface area contributed by atoms with Gasteiger partial charge in [-0.1, -0.05) is 144 Å². The lowest BCUT2D eigenvalue weighted by Crippen LogP contribution is -2.61. The molecule has 10 rings (SSSR count). The first-order valence-electron chi connectivity index (χ1n) is 24.3. The van der Waals surface area contributed by atoms with Crippen molar-refractivity contribution >= 4 is 57.2 Å². The average Bonchev–Trinajstić information content (AvgIpc) is 3.25. The van der Waals surface area contributed by atoms with Crippen LogP contribution < -0.4 is 26.2 Å². The first kappa shape index (κ1) is 44.3. The zero-order valence-corrected chi connectivity index (χ0v) is 42.3. The summed E-state index contributed by atoms with van der Waals surface area (Å²) in [6.07, 6.45) is 0. The van der Waals surface area contributed by atoms with E-state index in [-0.39, 0.29) is 17.5 Å². The van der Waals surface area contributed by atoms with Crippen molar-refractivity contribution in [2.24, 2.45) is 0 Å². The molecule has 2 heterocycles. The van der Waals surface area contributed by atoms with Crippen LogP contribution in [-0.2, 0) is 10.8 Å². The third kappa shape index (κ3) is 7.52. The summed E-state index contributed by atoms with van der Waals surface area (Å²) in [6, 6.07) is 54.5. The van der Waals surface area contributed by atoms with E-state index in [0.717, 1.165) is 0 Å². The standard InChI is InChI=1S/C64H65BN2/c1-38-28-42(5)60(43(6)29-38)46-24-26-53-55(32-46)66(51-22-16-20-49(36-51)63(9,10)11)57-34-48(59-40(3)18-15-19-41(59)4)35-58-62(57)65(53)54-27-25-47(61-44(7)30-39(2)31-45(61)8)33-56(54)67(58)52-23-17-21-50(37-52)64(12,13)14/h15-37H,1-14H3. The first-order valence-corrected chi connectivity index (χ1v) is 24.3. The van der Waals surface area contributed by atoms with Gasteiger partial charge in [-0.15, -0.1) is 0 Å². The van der Waals surface area contributed by atoms with E-state index in [4.69, 9.17) is 0 Å². The third-order valence-corrected chi connectivity index (χ3v) is 14.7. The molecule has 2 nitrogen and oxygen atoms in total. The Hall–Kier alpha value is -6.58. The van der Waals surface area contributed by atoms with Gasteiger partial charge in [-0.25, -0.2) is 0 Å². The Balaban J connectivity index is 1.36. The van der Waals surface area contributed by atoms with E-state index >= 15 is 0 Å². The van der Waals surface area contributed by atoms with Gasteiger partial charge in [0, 0.05) is 34.1 Å². The van der Waals surface area contributed by atoms with Gasteiger partial charge >= 0.3 is 0 Å². The molecule has 0 radical (unpaired) electrons. The maximum absolute atomic E-state index is 2.61. The minimum atomic E-state index is -0.0334. The fourth-order valence-electron chi connectivity index (χ4n) is 11.8. The van der Waals surface area contributed by atoms with E-state index in [1.54, 1.807) is 0 Å². The van der Waals surface area contributed by atoms with E-state index in [2.05, 4.69) is 246 Å². The van der Waals surface area contributed by atoms with Crippen LogP contribution in [0.15, 0.2) is 140 Å². The minimum Gasteiger partial charge on any atom is -0.311 e. The number of aryl methyl sites for hydroxylation is 8. The molecule has 8 aromatic carbocycles. The van der Waals surface area contributed by atoms with Crippen LogP contribution in [0.4, 0.5) is 34.1 Å². The van der Waals surface area contributed by atoms with E-state index in [1.165, 1.54) is 140 Å². The molecule has 0 aliphatic carbocycles. The van der Waals surface area contributed by atoms with Gasteiger partial charge in [-0.2, -0.15) is 0 Å². The molecule has 3 heteroatoms. The lowest BCUT2D eigenvalue weighted by atomic mass is 9.33. The zero-order chi connectivity index (χ0) is 47.4. The molecule has 0 N–H and O–H groups in total. The van der Waals surface area contributed by atoms with Crippen molar-refractivity contribution in [1.82, 2.24) is 0 Å². The van der Waals surface area contributed by atoms with Crippen LogP contribution in [0.2, 0.25) is 0 Å². The molecule has 8 aromatic rings. The molecular weight excluding hydrogens is 808 g/mol. The monoisotopic (exact) mass is 873 g/mol. The number of hydrogen-bond acceptors (Lipinski definition) is 2. The highest BCUT2D eigenvalue weighted by molar-refractivity contribution is 7.00. The second-order valence-electron chi connectivity index (χ2n) is 22.0. The molecule has 0 spiro atoms. The van der Waals surface area contributed by atoms with Crippen LogP contribution in [0.3, 0.4) is 0 Å². The van der Waals surface area contributed by atoms with Crippen molar-refractivity contribution in [3.05, 3.63) is 195 Å². The summed E-state index contributed by atoms with van der Waals surface area (Å²) in [5.74, 6) is 0. The van der Waals surface area contributed by atoms with E-state index < -0.39 is 0 Å². The smallest absolute Gasteiger partial charge is 0.252 e. The lowest BCUT2D eigenvalue weighted by Gasteiger charge is -2.45. The molecule has 0 amide bonds. The molecule has 0 atom stereocenters. The molecule has 2 aliphatic rings. The van der Waals surface area contributed by atoms with Gasteiger partial charge in [0.2, 0.25) is 0 Å². The van der Waals surface area contributed by atoms with Gasteiger partial charge in [0.1, 0.15) is 0 Å². The molecule has 0 aromatic heterocycles. The van der Waals surface area contributed by atoms with Crippen molar-refractivity contribution in [2.45, 2.75) is 108 Å². The van der Waals surface area contributed by atoms with Crippen molar-refractivity contribution in [1.29, 1.82) is 0 Å². The summed E-state index contributed by atoms with van der Waals surface area (Å²) in [4.78, 5) is 5.23. The molecule has 0 saturated carbocycles. The normalized spacial score (nSPS) is 13.1. The van der Waals surface area contributed by atoms with Crippen LogP contribution >= 0.6 is 0 Å². The van der Waals surface area contributed by atoms with Gasteiger partial charge in [0.05, 0.1) is 0 Å². The van der Waals surface area contributed by atoms with Crippen LogP contribution in [0.25, 0.3) is 33.4 Å². The molecular formula is C64H65BN2. The first-order chi connectivity index (χ1) is 31.8. The van der Waals surface area contributed by atoms with Crippen LogP contribution in [0.1, 0.15) is 97.2 Å². The number of benzene rings is 8. The molecule has 0 unspecified atom stereocenters. The summed E-state index contributed by atoms with van der Waals surface area (Å²) in [5, 5.41) is 0. The Morgan fingerprint density at radius 3 is 1.09 bits per heavy atom. The fourth-order valence-corrected chi connectivity index (χ4v) is 11.8. The molecule has 2 aliphatic heterocycles. The van der Waals surface area contributed by atoms with Crippen LogP contribution in [-0.4, -0.2) is 6.71 Å². The second kappa shape index (κ2) is 16.0. The zero-order valence-electron chi connectivity index (χ0n) is 42.3. The van der Waals surface area contributed by atoms with Crippen LogP contribution in [0.5, 0.6) is 0 Å². The maximum Gasteiger partial charge on any atom is 0.252 e. The van der Waals surface area contributed by atoms with E-state index in [1.807, 2.05) is 0 Å². The highest BCUT2D eigenvalue weighted by Gasteiger charge is 2.44. The minimum absolute atomic E-state index is 0.0189. The highest BCUT2D eigenvalue weighted by Crippen LogP contribution is 2.49. The summed E-state index contributed by atoms with van der Waals surface area (Å²) >= 11 is 0. The number of fused-ring (bicyclic) bond motifs is 4. The predicted octanol–water partition coefficient (Wildman–Crippen LogP) is 15.8. The molecule has 0 bridgehead atoms. The Kier molecular flexibility index (Phi) is 10.6. The van der Waals surface area contributed by atoms with Crippen molar-refractivity contribution in [3.63, 3.8) is 0 Å². The largest absolute Gasteiger partial charge is 0.311 e. The number of anilines is 6. The van der Waals surface area contributed by atoms with Gasteiger partial charge in [0.25, 0.3) is 6.71 Å². The van der Waals surface area contributed by atoms with Crippen molar-refractivity contribution < 1.29 is 0 Å². The number of rotatable bonds is 5. The maximum atomic E-state index is 2.61. The fraction of sp³-hybridized carbons (Fsp3) is 0.250. The van der Waals surface area contributed by atoms with Gasteiger partial charge in [-0.3, -0.25) is 0 Å². The Morgan fingerprint density at radius 1 is 0.343 bits per heavy atom. The molecule has 0 saturated heterocycles. The van der Waals surface area contributed by atoms with E-state index in [0.29, 0.717) is 0 Å². The van der Waals surface area contributed by atoms with Crippen LogP contribution in [0, 0.1) is 55.4 Å². The highest BCUT2D eigenvalue weighted by atomic mass is 15.2. The van der Waals surface area contributed by atoms with Gasteiger partial charge < -0.3 is 9.80 Å². The number of hydrogen-bond donors (Lipinski definition) is 0. The molecule has 0 fully saturated rings. The van der Waals surface area contributed by atoms with Gasteiger partial charge in [-0.05, 0) is 209 Å². The lowest BCUT2D eigenvalue weighted by molar-refractivity contribution is 0.590. The topological polar surface area (TPSA) is 6.48 Å². The van der Waals surface area contributed by atoms with Gasteiger partial charge in [0.15, 0.2) is 0 Å². The van der Waals surface area contributed by atoms with E-state index in [9.17, 15) is 0 Å². The SMILES string of the molecule is Cc1cc(C)c(-c2ccc3c(c2)N(c2cccc(C(C)(C)C)c2)c2cc(-c4c(C)cccc4C)cc4c2B3c2ccc(-c3c(C)cc(C)cc3C)cc2N4c2cccc(C(C)(C)C)c2)c(C)c1. The third-order valence-electron chi connectivity index (χ3n) is 14.7. The predicted molar refractivity (Wildman–Crippen MR) is 292 cm³/mol. The number of nitrogens with zero attached hydrogens (tertiary/aromatic N) is 2. The summed E-state index contributed by atoms with van der Waals surface area (Å²) in [5.41, 5.74) is 31.8. The summed E-state index contributed by atoms with van der Waals surface area (Å²) in [7, 11) is 0. The Labute approximate surface area is 401 Å². The Bertz CT molecular complexity index is 3060.